The van der Waals surface area contributed by atoms with Crippen molar-refractivity contribution in [3.63, 3.8) is 0 Å². The van der Waals surface area contributed by atoms with Gasteiger partial charge < -0.3 is 15.2 Å². The van der Waals surface area contributed by atoms with Crippen LogP contribution in [-0.2, 0) is 4.74 Å². The van der Waals surface area contributed by atoms with Crippen molar-refractivity contribution in [1.82, 2.24) is 0 Å². The fraction of sp³-hybridized carbons (Fsp3) is 0.417. The Labute approximate surface area is 95.6 Å². The molecule has 0 aliphatic rings. The SMILES string of the molecule is CCOCC(C)Oc1ccc(N)c(C#N)c1. The van der Waals surface area contributed by atoms with E-state index in [2.05, 4.69) is 0 Å². The number of ether oxygens (including phenoxy) is 2. The van der Waals surface area contributed by atoms with E-state index in [1.807, 2.05) is 19.9 Å². The van der Waals surface area contributed by atoms with E-state index in [0.29, 0.717) is 30.2 Å². The van der Waals surface area contributed by atoms with E-state index in [4.69, 9.17) is 20.5 Å². The van der Waals surface area contributed by atoms with Gasteiger partial charge in [-0.3, -0.25) is 0 Å². The van der Waals surface area contributed by atoms with Crippen LogP contribution >= 0.6 is 0 Å². The molecule has 0 bridgehead atoms. The second-order valence-corrected chi connectivity index (χ2v) is 3.45. The van der Waals surface area contributed by atoms with Crippen molar-refractivity contribution in [2.45, 2.75) is 20.0 Å². The van der Waals surface area contributed by atoms with Gasteiger partial charge in [0.2, 0.25) is 0 Å². The zero-order chi connectivity index (χ0) is 12.0. The molecule has 16 heavy (non-hydrogen) atoms. The molecule has 1 aromatic carbocycles. The number of rotatable bonds is 5. The molecule has 0 aliphatic heterocycles. The van der Waals surface area contributed by atoms with Crippen LogP contribution in [0.4, 0.5) is 5.69 Å². The summed E-state index contributed by atoms with van der Waals surface area (Å²) < 4.78 is 10.8. The molecule has 0 heterocycles. The van der Waals surface area contributed by atoms with Gasteiger partial charge in [-0.2, -0.15) is 5.26 Å². The van der Waals surface area contributed by atoms with Crippen LogP contribution < -0.4 is 10.5 Å². The first-order valence-corrected chi connectivity index (χ1v) is 5.21. The number of anilines is 1. The highest BCUT2D eigenvalue weighted by atomic mass is 16.5. The van der Waals surface area contributed by atoms with Gasteiger partial charge in [0.25, 0.3) is 0 Å². The third kappa shape index (κ3) is 3.44. The largest absolute Gasteiger partial charge is 0.488 e. The number of hydrogen-bond acceptors (Lipinski definition) is 4. The first kappa shape index (κ1) is 12.3. The van der Waals surface area contributed by atoms with E-state index in [1.54, 1.807) is 18.2 Å². The van der Waals surface area contributed by atoms with E-state index in [0.717, 1.165) is 0 Å². The Bertz CT molecular complexity index is 385. The highest BCUT2D eigenvalue weighted by Gasteiger charge is 2.06. The van der Waals surface area contributed by atoms with Crippen LogP contribution in [0.1, 0.15) is 19.4 Å². The molecule has 4 nitrogen and oxygen atoms in total. The van der Waals surface area contributed by atoms with Crippen molar-refractivity contribution < 1.29 is 9.47 Å². The van der Waals surface area contributed by atoms with Crippen LogP contribution in [-0.4, -0.2) is 19.3 Å². The Balaban J connectivity index is 2.64. The zero-order valence-corrected chi connectivity index (χ0v) is 9.56. The standard InChI is InChI=1S/C12H16N2O2/c1-3-15-8-9(2)16-11-4-5-12(14)10(6-11)7-13/h4-6,9H,3,8,14H2,1-2H3. The summed E-state index contributed by atoms with van der Waals surface area (Å²) in [5.74, 6) is 0.637. The predicted octanol–water partition coefficient (Wildman–Crippen LogP) is 1.94. The molecule has 4 heteroatoms. The quantitative estimate of drug-likeness (QED) is 0.770. The number of nitrogens with two attached hydrogens (primary N) is 1. The molecule has 1 unspecified atom stereocenters. The normalized spacial score (nSPS) is 11.8. The molecule has 1 aromatic rings. The molecule has 0 saturated carbocycles. The molecule has 0 radical (unpaired) electrons. The van der Waals surface area contributed by atoms with Crippen molar-refractivity contribution in [1.29, 1.82) is 5.26 Å². The summed E-state index contributed by atoms with van der Waals surface area (Å²) in [4.78, 5) is 0. The van der Waals surface area contributed by atoms with Crippen molar-refractivity contribution in [2.75, 3.05) is 18.9 Å². The van der Waals surface area contributed by atoms with Gasteiger partial charge >= 0.3 is 0 Å². The third-order valence-electron chi connectivity index (χ3n) is 2.04. The average Bonchev–Trinajstić information content (AvgIpc) is 2.29. The van der Waals surface area contributed by atoms with Crippen molar-refractivity contribution in [3.8, 4) is 11.8 Å². The van der Waals surface area contributed by atoms with Gasteiger partial charge in [-0.15, -0.1) is 0 Å². The Kier molecular flexibility index (Phi) is 4.62. The Morgan fingerprint density at radius 2 is 2.25 bits per heavy atom. The van der Waals surface area contributed by atoms with Crippen LogP contribution in [0.15, 0.2) is 18.2 Å². The number of nitriles is 1. The fourth-order valence-corrected chi connectivity index (χ4v) is 1.26. The van der Waals surface area contributed by atoms with Gasteiger partial charge in [0, 0.05) is 12.3 Å². The lowest BCUT2D eigenvalue weighted by molar-refractivity contribution is 0.0657. The molecule has 0 amide bonds. The minimum Gasteiger partial charge on any atom is -0.488 e. The van der Waals surface area contributed by atoms with Gasteiger partial charge in [-0.25, -0.2) is 0 Å². The summed E-state index contributed by atoms with van der Waals surface area (Å²) >= 11 is 0. The molecule has 1 rings (SSSR count). The first-order chi connectivity index (χ1) is 7.67. The summed E-state index contributed by atoms with van der Waals surface area (Å²) in [5, 5.41) is 8.81. The minimum atomic E-state index is -0.0462. The average molecular weight is 220 g/mol. The highest BCUT2D eigenvalue weighted by Crippen LogP contribution is 2.19. The van der Waals surface area contributed by atoms with Gasteiger partial charge in [-0.1, -0.05) is 0 Å². The van der Waals surface area contributed by atoms with Gasteiger partial charge in [0.1, 0.15) is 17.9 Å². The van der Waals surface area contributed by atoms with Crippen molar-refractivity contribution in [2.24, 2.45) is 0 Å². The number of benzene rings is 1. The van der Waals surface area contributed by atoms with E-state index >= 15 is 0 Å². The number of hydrogen-bond donors (Lipinski definition) is 1. The molecule has 0 aromatic heterocycles. The molecular weight excluding hydrogens is 204 g/mol. The molecule has 0 spiro atoms. The van der Waals surface area contributed by atoms with Crippen LogP contribution in [0, 0.1) is 11.3 Å². The third-order valence-corrected chi connectivity index (χ3v) is 2.04. The van der Waals surface area contributed by atoms with Crippen LogP contribution in [0.2, 0.25) is 0 Å². The maximum absolute atomic E-state index is 8.81. The Morgan fingerprint density at radius 1 is 1.50 bits per heavy atom. The number of nitrogen functional groups attached to an aromatic ring is 1. The molecular formula is C12H16N2O2. The van der Waals surface area contributed by atoms with E-state index in [-0.39, 0.29) is 6.10 Å². The molecule has 0 aliphatic carbocycles. The summed E-state index contributed by atoms with van der Waals surface area (Å²) in [7, 11) is 0. The van der Waals surface area contributed by atoms with Crippen molar-refractivity contribution >= 4 is 5.69 Å². The summed E-state index contributed by atoms with van der Waals surface area (Å²) in [6.45, 7) is 5.05. The smallest absolute Gasteiger partial charge is 0.121 e. The van der Waals surface area contributed by atoms with E-state index < -0.39 is 0 Å². The van der Waals surface area contributed by atoms with Gasteiger partial charge in [-0.05, 0) is 32.0 Å². The van der Waals surface area contributed by atoms with Gasteiger partial charge in [0.05, 0.1) is 12.2 Å². The summed E-state index contributed by atoms with van der Waals surface area (Å²) in [6, 6.07) is 7.07. The monoisotopic (exact) mass is 220 g/mol. The molecule has 1 atom stereocenters. The lowest BCUT2D eigenvalue weighted by Gasteiger charge is -2.14. The number of nitrogens with zero attached hydrogens (tertiary/aromatic N) is 1. The molecule has 2 N–H and O–H groups in total. The first-order valence-electron chi connectivity index (χ1n) is 5.21. The summed E-state index contributed by atoms with van der Waals surface area (Å²) in [6.07, 6.45) is -0.0462. The topological polar surface area (TPSA) is 68.3 Å². The Hall–Kier alpha value is -1.73. The van der Waals surface area contributed by atoms with Crippen molar-refractivity contribution in [3.05, 3.63) is 23.8 Å². The maximum atomic E-state index is 8.81. The highest BCUT2D eigenvalue weighted by molar-refractivity contribution is 5.56. The molecule has 0 fully saturated rings. The van der Waals surface area contributed by atoms with E-state index in [1.165, 1.54) is 0 Å². The van der Waals surface area contributed by atoms with E-state index in [9.17, 15) is 0 Å². The zero-order valence-electron chi connectivity index (χ0n) is 9.56. The lowest BCUT2D eigenvalue weighted by atomic mass is 10.2. The predicted molar refractivity (Wildman–Crippen MR) is 62.2 cm³/mol. The second-order valence-electron chi connectivity index (χ2n) is 3.45. The molecule has 86 valence electrons. The van der Waals surface area contributed by atoms with Crippen LogP contribution in [0.3, 0.4) is 0 Å². The van der Waals surface area contributed by atoms with Gasteiger partial charge in [0.15, 0.2) is 0 Å². The van der Waals surface area contributed by atoms with Crippen LogP contribution in [0.5, 0.6) is 5.75 Å². The Morgan fingerprint density at radius 3 is 2.88 bits per heavy atom. The fourth-order valence-electron chi connectivity index (χ4n) is 1.26. The maximum Gasteiger partial charge on any atom is 0.121 e. The second kappa shape index (κ2) is 5.99. The van der Waals surface area contributed by atoms with Crippen LogP contribution in [0.25, 0.3) is 0 Å². The lowest BCUT2D eigenvalue weighted by Crippen LogP contribution is -2.19. The minimum absolute atomic E-state index is 0.0462. The molecule has 0 saturated heterocycles. The summed E-state index contributed by atoms with van der Waals surface area (Å²) in [5.41, 5.74) is 6.50.